The third-order valence-electron chi connectivity index (χ3n) is 7.83. The van der Waals surface area contributed by atoms with Crippen molar-refractivity contribution in [1.82, 2.24) is 19.9 Å². The van der Waals surface area contributed by atoms with Crippen LogP contribution in [0.1, 0.15) is 35.2 Å². The van der Waals surface area contributed by atoms with Crippen molar-refractivity contribution < 1.29 is 13.7 Å². The highest BCUT2D eigenvalue weighted by Crippen LogP contribution is 2.33. The van der Waals surface area contributed by atoms with E-state index in [0.717, 1.165) is 67.0 Å². The lowest BCUT2D eigenvalue weighted by Gasteiger charge is -2.38. The SMILES string of the molecule is Cc1cccc(C)c1-c1cc2nc(n1)N[S+]([O-])c1cccc(c1)CCC1CCN(Cc3cocn3)C[C@@H]1CO2. The average Bonchev–Trinajstić information content (AvgIpc) is 3.44. The minimum absolute atomic E-state index is 0.291. The molecule has 39 heavy (non-hydrogen) atoms. The second kappa shape index (κ2) is 11.4. The van der Waals surface area contributed by atoms with Gasteiger partial charge in [-0.3, -0.25) is 4.90 Å². The molecule has 1 fully saturated rings. The van der Waals surface area contributed by atoms with Gasteiger partial charge in [0.15, 0.2) is 11.3 Å². The second-order valence-electron chi connectivity index (χ2n) is 10.6. The maximum Gasteiger partial charge on any atom is 0.269 e. The van der Waals surface area contributed by atoms with E-state index in [0.29, 0.717) is 35.2 Å². The lowest BCUT2D eigenvalue weighted by atomic mass is 9.82. The molecule has 0 amide bonds. The molecule has 0 spiro atoms. The smallest absolute Gasteiger partial charge is 0.269 e. The van der Waals surface area contributed by atoms with Gasteiger partial charge in [-0.15, -0.1) is 0 Å². The summed E-state index contributed by atoms with van der Waals surface area (Å²) in [7, 11) is 0. The summed E-state index contributed by atoms with van der Waals surface area (Å²) >= 11 is -1.50. The van der Waals surface area contributed by atoms with Gasteiger partial charge in [-0.05, 0) is 74.4 Å². The first-order valence-electron chi connectivity index (χ1n) is 13.5. The van der Waals surface area contributed by atoms with Crippen LogP contribution in [0.25, 0.3) is 11.3 Å². The minimum Gasteiger partial charge on any atom is -0.588 e. The van der Waals surface area contributed by atoms with Crippen LogP contribution in [0.4, 0.5) is 5.95 Å². The molecule has 1 saturated heterocycles. The van der Waals surface area contributed by atoms with E-state index in [-0.39, 0.29) is 0 Å². The summed E-state index contributed by atoms with van der Waals surface area (Å²) in [5.74, 6) is 1.62. The van der Waals surface area contributed by atoms with Crippen molar-refractivity contribution in [2.24, 2.45) is 11.8 Å². The summed E-state index contributed by atoms with van der Waals surface area (Å²) in [6.07, 6.45) is 6.29. The normalized spacial score (nSPS) is 21.8. The van der Waals surface area contributed by atoms with Crippen molar-refractivity contribution in [3.05, 3.63) is 83.6 Å². The zero-order chi connectivity index (χ0) is 26.8. The topological polar surface area (TPSA) is 99.4 Å². The molecule has 2 unspecified atom stereocenters. The number of hydrogen-bond acceptors (Lipinski definition) is 8. The molecule has 0 aliphatic carbocycles. The highest BCUT2D eigenvalue weighted by atomic mass is 32.2. The Morgan fingerprint density at radius 1 is 1.05 bits per heavy atom. The van der Waals surface area contributed by atoms with Crippen molar-refractivity contribution in [3.8, 4) is 17.1 Å². The van der Waals surface area contributed by atoms with Gasteiger partial charge in [-0.1, -0.05) is 30.3 Å². The van der Waals surface area contributed by atoms with E-state index >= 15 is 0 Å². The number of oxazole rings is 1. The Hall–Kier alpha value is -3.40. The number of aromatic nitrogens is 3. The molecule has 8 nitrogen and oxygen atoms in total. The largest absolute Gasteiger partial charge is 0.588 e. The molecule has 1 N–H and O–H groups in total. The summed E-state index contributed by atoms with van der Waals surface area (Å²) in [4.78, 5) is 16.9. The van der Waals surface area contributed by atoms with Crippen molar-refractivity contribution in [1.29, 1.82) is 0 Å². The number of hydrogen-bond donors (Lipinski definition) is 1. The second-order valence-corrected chi connectivity index (χ2v) is 11.8. The van der Waals surface area contributed by atoms with Crippen LogP contribution in [0.2, 0.25) is 0 Å². The Morgan fingerprint density at radius 2 is 1.90 bits per heavy atom. The molecule has 4 heterocycles. The van der Waals surface area contributed by atoms with Crippen LogP contribution in [0.3, 0.4) is 0 Å². The number of anilines is 1. The highest BCUT2D eigenvalue weighted by molar-refractivity contribution is 7.92. The summed E-state index contributed by atoms with van der Waals surface area (Å²) in [6, 6.07) is 16.1. The quantitative estimate of drug-likeness (QED) is 0.346. The molecular formula is C30H33N5O3S. The molecular weight excluding hydrogens is 510 g/mol. The average molecular weight is 544 g/mol. The van der Waals surface area contributed by atoms with Crippen LogP contribution in [0, 0.1) is 25.7 Å². The van der Waals surface area contributed by atoms with Crippen molar-refractivity contribution in [2.75, 3.05) is 24.4 Å². The van der Waals surface area contributed by atoms with E-state index in [4.69, 9.17) is 14.1 Å². The van der Waals surface area contributed by atoms with Crippen molar-refractivity contribution >= 4 is 17.3 Å². The lowest BCUT2D eigenvalue weighted by molar-refractivity contribution is 0.0700. The molecule has 0 saturated carbocycles. The third-order valence-corrected chi connectivity index (χ3v) is 8.88. The Labute approximate surface area is 232 Å². The van der Waals surface area contributed by atoms with E-state index in [1.165, 1.54) is 12.0 Å². The van der Waals surface area contributed by atoms with Gasteiger partial charge in [0.25, 0.3) is 5.95 Å². The number of aryl methyl sites for hydroxylation is 3. The lowest BCUT2D eigenvalue weighted by Crippen LogP contribution is -2.42. The van der Waals surface area contributed by atoms with E-state index < -0.39 is 11.4 Å². The number of nitrogens with one attached hydrogen (secondary N) is 1. The van der Waals surface area contributed by atoms with Gasteiger partial charge in [-0.25, -0.2) is 9.97 Å². The predicted molar refractivity (Wildman–Crippen MR) is 151 cm³/mol. The van der Waals surface area contributed by atoms with Gasteiger partial charge in [0, 0.05) is 30.6 Å². The molecule has 4 aromatic rings. The monoisotopic (exact) mass is 543 g/mol. The maximum absolute atomic E-state index is 13.3. The summed E-state index contributed by atoms with van der Waals surface area (Å²) in [5.41, 5.74) is 6.16. The number of ether oxygens (including phenoxy) is 1. The Balaban J connectivity index is 1.34. The zero-order valence-electron chi connectivity index (χ0n) is 22.3. The van der Waals surface area contributed by atoms with Crippen LogP contribution in [0.15, 0.2) is 70.5 Å². The molecule has 3 atom stereocenters. The molecule has 2 aromatic carbocycles. The zero-order valence-corrected chi connectivity index (χ0v) is 23.1. The first-order valence-corrected chi connectivity index (χ1v) is 14.6. The number of fused-ring (bicyclic) bond motifs is 5. The summed E-state index contributed by atoms with van der Waals surface area (Å²) in [6.45, 7) is 7.39. The van der Waals surface area contributed by atoms with Crippen molar-refractivity contribution in [2.45, 2.75) is 44.6 Å². The number of piperidine rings is 1. The Kier molecular flexibility index (Phi) is 7.54. The van der Waals surface area contributed by atoms with Crippen LogP contribution in [-0.4, -0.2) is 44.1 Å². The summed E-state index contributed by atoms with van der Waals surface area (Å²) in [5, 5.41) is 0. The fourth-order valence-corrected chi connectivity index (χ4v) is 6.64. The van der Waals surface area contributed by atoms with Gasteiger partial charge in [-0.2, -0.15) is 9.71 Å². The van der Waals surface area contributed by atoms with E-state index in [1.807, 2.05) is 30.3 Å². The molecule has 202 valence electrons. The molecule has 4 bridgehead atoms. The molecule has 2 aliphatic heterocycles. The van der Waals surface area contributed by atoms with E-state index in [9.17, 15) is 4.55 Å². The third kappa shape index (κ3) is 5.95. The highest BCUT2D eigenvalue weighted by Gasteiger charge is 2.31. The first kappa shape index (κ1) is 25.9. The van der Waals surface area contributed by atoms with Gasteiger partial charge in [0.2, 0.25) is 5.88 Å². The standard InChI is InChI=1S/C30H33N5O3S/c1-20-5-3-6-21(2)29(20)27-14-28-33-30(32-27)34-39(36)26-8-4-7-22(13-26)9-10-23-11-12-35(15-24(23)17-38-28)16-25-18-37-19-31-25/h3-8,13-14,18-19,23-24H,9-12,15-17H2,1-2H3,(H,32,33,34)/t23?,24-,39?/m1/s1. The molecule has 0 radical (unpaired) electrons. The number of rotatable bonds is 3. The molecule has 2 aromatic heterocycles. The van der Waals surface area contributed by atoms with E-state index in [1.54, 1.807) is 6.26 Å². The van der Waals surface area contributed by atoms with Gasteiger partial charge < -0.3 is 13.7 Å². The van der Waals surface area contributed by atoms with Crippen LogP contribution in [0.5, 0.6) is 5.88 Å². The summed E-state index contributed by atoms with van der Waals surface area (Å²) < 4.78 is 27.9. The number of likely N-dealkylation sites (tertiary alicyclic amines) is 1. The molecule has 6 rings (SSSR count). The van der Waals surface area contributed by atoms with Crippen LogP contribution < -0.4 is 9.46 Å². The van der Waals surface area contributed by atoms with Gasteiger partial charge in [0.05, 0.1) is 18.0 Å². The van der Waals surface area contributed by atoms with Crippen molar-refractivity contribution in [3.63, 3.8) is 0 Å². The Bertz CT molecular complexity index is 1410. The molecule has 9 heteroatoms. The number of nitrogens with zero attached hydrogens (tertiary/aromatic N) is 4. The predicted octanol–water partition coefficient (Wildman–Crippen LogP) is 5.35. The fraction of sp³-hybridized carbons (Fsp3) is 0.367. The minimum atomic E-state index is -1.50. The molecule has 2 aliphatic rings. The van der Waals surface area contributed by atoms with Crippen LogP contribution >= 0.6 is 0 Å². The van der Waals surface area contributed by atoms with Gasteiger partial charge >= 0.3 is 0 Å². The van der Waals surface area contributed by atoms with Crippen LogP contribution in [-0.2, 0) is 24.3 Å². The van der Waals surface area contributed by atoms with E-state index in [2.05, 4.69) is 51.6 Å². The van der Waals surface area contributed by atoms with Gasteiger partial charge in [0.1, 0.15) is 17.6 Å². The Morgan fingerprint density at radius 3 is 2.72 bits per heavy atom. The maximum atomic E-state index is 13.3. The number of benzene rings is 2. The fourth-order valence-electron chi connectivity index (χ4n) is 5.81. The first-order chi connectivity index (χ1) is 19.0.